The van der Waals surface area contributed by atoms with E-state index in [9.17, 15) is 4.79 Å². The van der Waals surface area contributed by atoms with Gasteiger partial charge in [0.25, 0.3) is 0 Å². The molecule has 108 valence electrons. The highest BCUT2D eigenvalue weighted by molar-refractivity contribution is 5.93. The van der Waals surface area contributed by atoms with E-state index in [1.165, 1.54) is 43.2 Å². The van der Waals surface area contributed by atoms with Crippen LogP contribution in [0.25, 0.3) is 0 Å². The number of nitrogens with one attached hydrogen (secondary N) is 2. The summed E-state index contributed by atoms with van der Waals surface area (Å²) >= 11 is 0. The normalized spacial score (nSPS) is 18.9. The highest BCUT2D eigenvalue weighted by Gasteiger charge is 2.15. The van der Waals surface area contributed by atoms with Crippen LogP contribution >= 0.6 is 0 Å². The van der Waals surface area contributed by atoms with E-state index in [1.807, 2.05) is 0 Å². The van der Waals surface area contributed by atoms with E-state index in [0.29, 0.717) is 6.42 Å². The Labute approximate surface area is 121 Å². The standard InChI is InChI=1S/C17H24N2O/c20-17-10-8-14-12-13(7-9-16(14)19-17)4-3-11-18-15-5-1-2-6-15/h7,9,12,15,18H,1-6,8,10-11H2,(H,19,20). The van der Waals surface area contributed by atoms with Gasteiger partial charge in [-0.25, -0.2) is 0 Å². The average molecular weight is 272 g/mol. The summed E-state index contributed by atoms with van der Waals surface area (Å²) in [7, 11) is 0. The van der Waals surface area contributed by atoms with Gasteiger partial charge in [-0.2, -0.15) is 0 Å². The molecule has 0 saturated heterocycles. The molecule has 1 heterocycles. The van der Waals surface area contributed by atoms with Crippen LogP contribution in [0.2, 0.25) is 0 Å². The van der Waals surface area contributed by atoms with Gasteiger partial charge in [-0.3, -0.25) is 4.79 Å². The molecule has 1 aromatic rings. The molecule has 1 aliphatic heterocycles. The third-order valence-corrected chi connectivity index (χ3v) is 4.50. The lowest BCUT2D eigenvalue weighted by atomic mass is 9.98. The molecule has 3 heteroatoms. The number of anilines is 1. The van der Waals surface area contributed by atoms with Gasteiger partial charge in [-0.15, -0.1) is 0 Å². The number of hydrogen-bond acceptors (Lipinski definition) is 2. The molecule has 1 fully saturated rings. The molecule has 2 N–H and O–H groups in total. The van der Waals surface area contributed by atoms with Crippen LogP contribution in [0.5, 0.6) is 0 Å². The third kappa shape index (κ3) is 3.40. The van der Waals surface area contributed by atoms with Gasteiger partial charge in [-0.05, 0) is 55.8 Å². The van der Waals surface area contributed by atoms with Crippen LogP contribution in [0.3, 0.4) is 0 Å². The number of aryl methyl sites for hydroxylation is 2. The monoisotopic (exact) mass is 272 g/mol. The molecule has 3 rings (SSSR count). The van der Waals surface area contributed by atoms with Gasteiger partial charge in [-0.1, -0.05) is 25.0 Å². The lowest BCUT2D eigenvalue weighted by Crippen LogP contribution is -2.27. The van der Waals surface area contributed by atoms with E-state index in [4.69, 9.17) is 0 Å². The molecule has 20 heavy (non-hydrogen) atoms. The van der Waals surface area contributed by atoms with Crippen LogP contribution < -0.4 is 10.6 Å². The molecule has 0 aromatic heterocycles. The Hall–Kier alpha value is -1.35. The molecule has 1 aliphatic carbocycles. The van der Waals surface area contributed by atoms with E-state index >= 15 is 0 Å². The fraction of sp³-hybridized carbons (Fsp3) is 0.588. The summed E-state index contributed by atoms with van der Waals surface area (Å²) in [6.07, 6.45) is 9.34. The number of carbonyl (C=O) groups excluding carboxylic acids is 1. The predicted octanol–water partition coefficient (Wildman–Crippen LogP) is 3.04. The minimum atomic E-state index is 0.144. The SMILES string of the molecule is O=C1CCc2cc(CCCNC3CCCC3)ccc2N1. The summed E-state index contributed by atoms with van der Waals surface area (Å²) in [6.45, 7) is 1.12. The molecule has 0 atom stereocenters. The Kier molecular flexibility index (Phi) is 4.36. The lowest BCUT2D eigenvalue weighted by Gasteiger charge is -2.17. The Bertz CT molecular complexity index is 478. The van der Waals surface area contributed by atoms with Crippen molar-refractivity contribution in [3.8, 4) is 0 Å². The van der Waals surface area contributed by atoms with Crippen molar-refractivity contribution in [3.63, 3.8) is 0 Å². The van der Waals surface area contributed by atoms with E-state index in [0.717, 1.165) is 31.1 Å². The van der Waals surface area contributed by atoms with Crippen LogP contribution in [0.1, 0.15) is 49.7 Å². The number of rotatable bonds is 5. The molecule has 0 unspecified atom stereocenters. The fourth-order valence-electron chi connectivity index (χ4n) is 3.32. The number of hydrogen-bond donors (Lipinski definition) is 2. The van der Waals surface area contributed by atoms with Crippen molar-refractivity contribution in [2.24, 2.45) is 0 Å². The maximum absolute atomic E-state index is 11.3. The van der Waals surface area contributed by atoms with Crippen molar-refractivity contribution in [3.05, 3.63) is 29.3 Å². The predicted molar refractivity (Wildman–Crippen MR) is 82.0 cm³/mol. The van der Waals surface area contributed by atoms with E-state index < -0.39 is 0 Å². The summed E-state index contributed by atoms with van der Waals surface area (Å²) in [6, 6.07) is 7.25. The average Bonchev–Trinajstić information content (AvgIpc) is 2.97. The van der Waals surface area contributed by atoms with Gasteiger partial charge in [0.15, 0.2) is 0 Å². The molecule has 0 radical (unpaired) electrons. The highest BCUT2D eigenvalue weighted by Crippen LogP contribution is 2.24. The first kappa shape index (κ1) is 13.6. The Morgan fingerprint density at radius 2 is 2.05 bits per heavy atom. The first-order valence-corrected chi connectivity index (χ1v) is 7.96. The van der Waals surface area contributed by atoms with Gasteiger partial charge < -0.3 is 10.6 Å². The highest BCUT2D eigenvalue weighted by atomic mass is 16.1. The van der Waals surface area contributed by atoms with E-state index in [2.05, 4.69) is 28.8 Å². The maximum atomic E-state index is 11.3. The number of benzene rings is 1. The molecule has 1 saturated carbocycles. The summed E-state index contributed by atoms with van der Waals surface area (Å²) in [4.78, 5) is 11.3. The van der Waals surface area contributed by atoms with Gasteiger partial charge in [0, 0.05) is 18.2 Å². The zero-order valence-electron chi connectivity index (χ0n) is 12.1. The number of carbonyl (C=O) groups is 1. The second kappa shape index (κ2) is 6.40. The van der Waals surface area contributed by atoms with Crippen molar-refractivity contribution in [2.75, 3.05) is 11.9 Å². The Morgan fingerprint density at radius 3 is 2.90 bits per heavy atom. The topological polar surface area (TPSA) is 41.1 Å². The second-order valence-electron chi connectivity index (χ2n) is 6.08. The van der Waals surface area contributed by atoms with Crippen molar-refractivity contribution in [1.82, 2.24) is 5.32 Å². The number of fused-ring (bicyclic) bond motifs is 1. The summed E-state index contributed by atoms with van der Waals surface area (Å²) in [5.41, 5.74) is 3.70. The third-order valence-electron chi connectivity index (χ3n) is 4.50. The summed E-state index contributed by atoms with van der Waals surface area (Å²) < 4.78 is 0. The van der Waals surface area contributed by atoms with Gasteiger partial charge in [0.2, 0.25) is 5.91 Å². The molecule has 0 spiro atoms. The Morgan fingerprint density at radius 1 is 1.20 bits per heavy atom. The van der Waals surface area contributed by atoms with E-state index in [1.54, 1.807) is 0 Å². The van der Waals surface area contributed by atoms with Gasteiger partial charge in [0.05, 0.1) is 0 Å². The largest absolute Gasteiger partial charge is 0.326 e. The van der Waals surface area contributed by atoms with Gasteiger partial charge >= 0.3 is 0 Å². The minimum absolute atomic E-state index is 0.144. The quantitative estimate of drug-likeness (QED) is 0.809. The van der Waals surface area contributed by atoms with Crippen molar-refractivity contribution >= 4 is 11.6 Å². The Balaban J connectivity index is 1.47. The van der Waals surface area contributed by atoms with Crippen LogP contribution in [-0.4, -0.2) is 18.5 Å². The number of amides is 1. The molecular formula is C17H24N2O. The molecule has 1 aromatic carbocycles. The van der Waals surface area contributed by atoms with Crippen LogP contribution in [0.4, 0.5) is 5.69 Å². The van der Waals surface area contributed by atoms with Crippen LogP contribution in [0.15, 0.2) is 18.2 Å². The zero-order valence-corrected chi connectivity index (χ0v) is 12.1. The van der Waals surface area contributed by atoms with Crippen molar-refractivity contribution in [2.45, 2.75) is 57.4 Å². The lowest BCUT2D eigenvalue weighted by molar-refractivity contribution is -0.116. The van der Waals surface area contributed by atoms with Gasteiger partial charge in [0.1, 0.15) is 0 Å². The fourth-order valence-corrected chi connectivity index (χ4v) is 3.32. The zero-order chi connectivity index (χ0) is 13.8. The van der Waals surface area contributed by atoms with Crippen LogP contribution in [-0.2, 0) is 17.6 Å². The van der Waals surface area contributed by atoms with E-state index in [-0.39, 0.29) is 5.91 Å². The maximum Gasteiger partial charge on any atom is 0.224 e. The van der Waals surface area contributed by atoms with Crippen LogP contribution in [0, 0.1) is 0 Å². The summed E-state index contributed by atoms with van der Waals surface area (Å²) in [5, 5.41) is 6.60. The summed E-state index contributed by atoms with van der Waals surface area (Å²) in [5.74, 6) is 0.144. The first-order valence-electron chi connectivity index (χ1n) is 7.96. The minimum Gasteiger partial charge on any atom is -0.326 e. The second-order valence-corrected chi connectivity index (χ2v) is 6.08. The molecule has 2 aliphatic rings. The first-order chi connectivity index (χ1) is 9.81. The molecule has 3 nitrogen and oxygen atoms in total. The molecular weight excluding hydrogens is 248 g/mol. The van der Waals surface area contributed by atoms with Crippen molar-refractivity contribution < 1.29 is 4.79 Å². The smallest absolute Gasteiger partial charge is 0.224 e. The molecule has 1 amide bonds. The van der Waals surface area contributed by atoms with Crippen molar-refractivity contribution in [1.29, 1.82) is 0 Å². The molecule has 0 bridgehead atoms.